The topological polar surface area (TPSA) is 38.3 Å². The summed E-state index contributed by atoms with van der Waals surface area (Å²) in [5.41, 5.74) is 0.435. The predicted octanol–water partition coefficient (Wildman–Crippen LogP) is 3.10. The van der Waals surface area contributed by atoms with Crippen LogP contribution >= 0.6 is 23.2 Å². The molecule has 0 spiro atoms. The third-order valence-corrected chi connectivity index (χ3v) is 3.74. The van der Waals surface area contributed by atoms with Crippen molar-refractivity contribution in [2.75, 3.05) is 13.7 Å². The van der Waals surface area contributed by atoms with E-state index in [1.807, 2.05) is 0 Å². The summed E-state index contributed by atoms with van der Waals surface area (Å²) < 4.78 is 5.14. The molecule has 2 rings (SSSR count). The number of carbonyl (C=O) groups is 1. The second-order valence-electron chi connectivity index (χ2n) is 4.41. The highest BCUT2D eigenvalue weighted by molar-refractivity contribution is 6.31. The SMILES string of the molecule is COc1ccc(Cl)cc1C(=O)NCC(Cl)C1CC1. The van der Waals surface area contributed by atoms with Gasteiger partial charge in [0, 0.05) is 11.6 Å². The van der Waals surface area contributed by atoms with Crippen LogP contribution in [0.25, 0.3) is 0 Å². The summed E-state index contributed by atoms with van der Waals surface area (Å²) in [4.78, 5) is 12.0. The van der Waals surface area contributed by atoms with Crippen molar-refractivity contribution in [1.82, 2.24) is 5.32 Å². The minimum atomic E-state index is -0.208. The molecule has 0 radical (unpaired) electrons. The van der Waals surface area contributed by atoms with Gasteiger partial charge in [-0.2, -0.15) is 0 Å². The highest BCUT2D eigenvalue weighted by Crippen LogP contribution is 2.35. The van der Waals surface area contributed by atoms with Gasteiger partial charge in [0.1, 0.15) is 5.75 Å². The first-order valence-corrected chi connectivity index (χ1v) is 6.69. The van der Waals surface area contributed by atoms with Crippen molar-refractivity contribution in [2.45, 2.75) is 18.2 Å². The van der Waals surface area contributed by atoms with Crippen LogP contribution in [0.4, 0.5) is 0 Å². The fourth-order valence-corrected chi connectivity index (χ4v) is 2.27. The van der Waals surface area contributed by atoms with E-state index in [0.717, 1.165) is 12.8 Å². The lowest BCUT2D eigenvalue weighted by atomic mass is 10.2. The van der Waals surface area contributed by atoms with Crippen LogP contribution in [-0.4, -0.2) is 24.9 Å². The lowest BCUT2D eigenvalue weighted by Crippen LogP contribution is -2.30. The maximum Gasteiger partial charge on any atom is 0.255 e. The molecule has 1 aliphatic carbocycles. The molecule has 1 aromatic rings. The van der Waals surface area contributed by atoms with Gasteiger partial charge in [0.05, 0.1) is 18.1 Å². The number of methoxy groups -OCH3 is 1. The van der Waals surface area contributed by atoms with Crippen molar-refractivity contribution >= 4 is 29.1 Å². The van der Waals surface area contributed by atoms with Gasteiger partial charge in [-0.05, 0) is 37.0 Å². The third-order valence-electron chi connectivity index (χ3n) is 3.00. The van der Waals surface area contributed by atoms with Crippen molar-refractivity contribution < 1.29 is 9.53 Å². The smallest absolute Gasteiger partial charge is 0.255 e. The van der Waals surface area contributed by atoms with E-state index in [4.69, 9.17) is 27.9 Å². The van der Waals surface area contributed by atoms with E-state index in [9.17, 15) is 4.79 Å². The summed E-state index contributed by atoms with van der Waals surface area (Å²) in [6.07, 6.45) is 2.31. The molecule has 18 heavy (non-hydrogen) atoms. The Bertz CT molecular complexity index is 447. The van der Waals surface area contributed by atoms with Crippen molar-refractivity contribution in [1.29, 1.82) is 0 Å². The molecule has 0 aliphatic heterocycles. The van der Waals surface area contributed by atoms with Gasteiger partial charge in [0.2, 0.25) is 0 Å². The highest BCUT2D eigenvalue weighted by Gasteiger charge is 2.29. The molecular weight excluding hydrogens is 273 g/mol. The molecule has 1 aromatic carbocycles. The Morgan fingerprint density at radius 1 is 1.56 bits per heavy atom. The van der Waals surface area contributed by atoms with Crippen LogP contribution in [0.2, 0.25) is 5.02 Å². The van der Waals surface area contributed by atoms with Gasteiger partial charge in [0.15, 0.2) is 0 Å². The lowest BCUT2D eigenvalue weighted by molar-refractivity contribution is 0.0950. The Hall–Kier alpha value is -0.930. The summed E-state index contributed by atoms with van der Waals surface area (Å²) >= 11 is 12.0. The van der Waals surface area contributed by atoms with E-state index in [2.05, 4.69) is 5.32 Å². The number of alkyl halides is 1. The van der Waals surface area contributed by atoms with Crippen molar-refractivity contribution in [2.24, 2.45) is 5.92 Å². The Morgan fingerprint density at radius 2 is 2.28 bits per heavy atom. The van der Waals surface area contributed by atoms with Gasteiger partial charge in [-0.15, -0.1) is 11.6 Å². The largest absolute Gasteiger partial charge is 0.496 e. The van der Waals surface area contributed by atoms with Gasteiger partial charge in [-0.3, -0.25) is 4.79 Å². The van der Waals surface area contributed by atoms with Crippen molar-refractivity contribution in [3.63, 3.8) is 0 Å². The molecule has 0 bridgehead atoms. The molecule has 1 fully saturated rings. The molecule has 98 valence electrons. The van der Waals surface area contributed by atoms with E-state index in [0.29, 0.717) is 28.8 Å². The number of benzene rings is 1. The van der Waals surface area contributed by atoms with E-state index in [-0.39, 0.29) is 11.3 Å². The van der Waals surface area contributed by atoms with Crippen molar-refractivity contribution in [3.8, 4) is 5.75 Å². The van der Waals surface area contributed by atoms with Crippen LogP contribution in [-0.2, 0) is 0 Å². The second kappa shape index (κ2) is 5.81. The van der Waals surface area contributed by atoms with Crippen LogP contribution in [0.15, 0.2) is 18.2 Å². The first kappa shape index (κ1) is 13.5. The minimum absolute atomic E-state index is 0.0131. The van der Waals surface area contributed by atoms with Crippen molar-refractivity contribution in [3.05, 3.63) is 28.8 Å². The van der Waals surface area contributed by atoms with Crippen LogP contribution in [0.3, 0.4) is 0 Å². The average molecular weight is 288 g/mol. The van der Waals surface area contributed by atoms with Crippen LogP contribution in [0.5, 0.6) is 5.75 Å². The second-order valence-corrected chi connectivity index (χ2v) is 5.41. The number of ether oxygens (including phenoxy) is 1. The average Bonchev–Trinajstić information content (AvgIpc) is 3.19. The molecule has 0 heterocycles. The molecule has 0 aromatic heterocycles. The molecule has 5 heteroatoms. The first-order valence-electron chi connectivity index (χ1n) is 5.87. The quantitative estimate of drug-likeness (QED) is 0.845. The van der Waals surface area contributed by atoms with Crippen LogP contribution in [0.1, 0.15) is 23.2 Å². The van der Waals surface area contributed by atoms with Gasteiger partial charge < -0.3 is 10.1 Å². The fourth-order valence-electron chi connectivity index (χ4n) is 1.77. The zero-order chi connectivity index (χ0) is 13.1. The standard InChI is InChI=1S/C13H15Cl2NO2/c1-18-12-5-4-9(14)6-10(12)13(17)16-7-11(15)8-2-3-8/h4-6,8,11H,2-3,7H2,1H3,(H,16,17). The maximum atomic E-state index is 12.0. The number of amides is 1. The minimum Gasteiger partial charge on any atom is -0.496 e. The molecule has 1 atom stereocenters. The monoisotopic (exact) mass is 287 g/mol. The Labute approximate surface area is 116 Å². The number of nitrogens with one attached hydrogen (secondary N) is 1. The Kier molecular flexibility index (Phi) is 4.36. The van der Waals surface area contributed by atoms with Crippen LogP contribution < -0.4 is 10.1 Å². The predicted molar refractivity (Wildman–Crippen MR) is 72.7 cm³/mol. The van der Waals surface area contributed by atoms with Gasteiger partial charge in [-0.25, -0.2) is 0 Å². The number of hydrogen-bond acceptors (Lipinski definition) is 2. The molecular formula is C13H15Cl2NO2. The molecule has 1 N–H and O–H groups in total. The molecule has 3 nitrogen and oxygen atoms in total. The van der Waals surface area contributed by atoms with E-state index in [1.54, 1.807) is 18.2 Å². The summed E-state index contributed by atoms with van der Waals surface area (Å²) in [5.74, 6) is 0.850. The zero-order valence-corrected chi connectivity index (χ0v) is 11.6. The molecule has 1 amide bonds. The van der Waals surface area contributed by atoms with E-state index in [1.165, 1.54) is 7.11 Å². The van der Waals surface area contributed by atoms with Gasteiger partial charge in [-0.1, -0.05) is 11.6 Å². The highest BCUT2D eigenvalue weighted by atomic mass is 35.5. The normalized spacial score (nSPS) is 16.2. The summed E-state index contributed by atoms with van der Waals surface area (Å²) in [7, 11) is 1.52. The summed E-state index contributed by atoms with van der Waals surface area (Å²) in [6, 6.07) is 4.96. The number of halogens is 2. The number of carbonyl (C=O) groups excluding carboxylic acids is 1. The van der Waals surface area contributed by atoms with E-state index >= 15 is 0 Å². The van der Waals surface area contributed by atoms with Gasteiger partial charge >= 0.3 is 0 Å². The third kappa shape index (κ3) is 3.30. The summed E-state index contributed by atoms with van der Waals surface area (Å²) in [6.45, 7) is 0.473. The maximum absolute atomic E-state index is 12.0. The Balaban J connectivity index is 2.00. The molecule has 0 saturated heterocycles. The Morgan fingerprint density at radius 3 is 2.89 bits per heavy atom. The van der Waals surface area contributed by atoms with Crippen LogP contribution in [0, 0.1) is 5.92 Å². The molecule has 1 unspecified atom stereocenters. The molecule has 1 aliphatic rings. The van der Waals surface area contributed by atoms with Gasteiger partial charge in [0.25, 0.3) is 5.91 Å². The summed E-state index contributed by atoms with van der Waals surface area (Å²) in [5, 5.41) is 3.33. The number of hydrogen-bond donors (Lipinski definition) is 1. The van der Waals surface area contributed by atoms with E-state index < -0.39 is 0 Å². The zero-order valence-electron chi connectivity index (χ0n) is 10.1. The lowest BCUT2D eigenvalue weighted by Gasteiger charge is -2.12. The fraction of sp³-hybridized carbons (Fsp3) is 0.462. The molecule has 1 saturated carbocycles. The first-order chi connectivity index (χ1) is 8.61. The number of rotatable bonds is 5.